The third-order valence-corrected chi connectivity index (χ3v) is 5.34. The summed E-state index contributed by atoms with van der Waals surface area (Å²) in [6.45, 7) is 0.0780. The highest BCUT2D eigenvalue weighted by molar-refractivity contribution is 7.80. The maximum Gasteiger partial charge on any atom is 0.340 e. The number of rotatable bonds is 4. The van der Waals surface area contributed by atoms with E-state index in [0.29, 0.717) is 0 Å². The molecule has 0 aromatic heterocycles. The highest BCUT2D eigenvalue weighted by Crippen LogP contribution is 2.29. The van der Waals surface area contributed by atoms with E-state index in [1.165, 1.54) is 42.1 Å². The molecule has 1 aliphatic rings. The SMILES string of the molecule is CN1C(=O)N(c2ccc(Cl)c(C(=O)OCc3ccccc3)c2)C(=O)N(C)C1S. The first kappa shape index (κ1) is 20.0. The van der Waals surface area contributed by atoms with E-state index in [9.17, 15) is 14.4 Å². The average molecular weight is 420 g/mol. The van der Waals surface area contributed by atoms with Crippen LogP contribution >= 0.6 is 24.2 Å². The van der Waals surface area contributed by atoms with Gasteiger partial charge in [-0.25, -0.2) is 19.3 Å². The van der Waals surface area contributed by atoms with Crippen molar-refractivity contribution < 1.29 is 19.1 Å². The van der Waals surface area contributed by atoms with Gasteiger partial charge in [-0.3, -0.25) is 9.80 Å². The molecular weight excluding hydrogens is 402 g/mol. The van der Waals surface area contributed by atoms with Crippen LogP contribution in [0.15, 0.2) is 48.5 Å². The normalized spacial score (nSPS) is 15.2. The Morgan fingerprint density at radius 2 is 1.68 bits per heavy atom. The Hall–Kier alpha value is -2.71. The molecule has 146 valence electrons. The van der Waals surface area contributed by atoms with Gasteiger partial charge in [-0.2, -0.15) is 0 Å². The molecular formula is C19H18ClN3O4S. The number of hydrogen-bond donors (Lipinski definition) is 1. The zero-order valence-corrected chi connectivity index (χ0v) is 16.9. The van der Waals surface area contributed by atoms with E-state index in [1.807, 2.05) is 30.3 Å². The summed E-state index contributed by atoms with van der Waals surface area (Å²) in [5.41, 5.74) is 0.422. The number of esters is 1. The maximum atomic E-state index is 12.6. The molecule has 0 radical (unpaired) electrons. The van der Waals surface area contributed by atoms with Gasteiger partial charge in [0.2, 0.25) is 0 Å². The number of anilines is 1. The number of amides is 4. The first-order valence-electron chi connectivity index (χ1n) is 8.33. The average Bonchev–Trinajstić information content (AvgIpc) is 2.71. The summed E-state index contributed by atoms with van der Waals surface area (Å²) in [5, 5.41) is 0.160. The van der Waals surface area contributed by atoms with Gasteiger partial charge in [-0.15, -0.1) is 12.6 Å². The number of thiol groups is 1. The van der Waals surface area contributed by atoms with Crippen molar-refractivity contribution in [3.8, 4) is 0 Å². The van der Waals surface area contributed by atoms with Gasteiger partial charge in [0.1, 0.15) is 6.61 Å². The number of imide groups is 1. The molecule has 0 aliphatic carbocycles. The molecule has 0 bridgehead atoms. The smallest absolute Gasteiger partial charge is 0.340 e. The third kappa shape index (κ3) is 3.79. The summed E-state index contributed by atoms with van der Waals surface area (Å²) in [5.74, 6) is -0.651. The van der Waals surface area contributed by atoms with Crippen LogP contribution in [-0.2, 0) is 11.3 Å². The molecule has 3 rings (SSSR count). The number of ether oxygens (including phenoxy) is 1. The first-order chi connectivity index (χ1) is 13.3. The number of hydrogen-bond acceptors (Lipinski definition) is 5. The zero-order chi connectivity index (χ0) is 20.4. The fraction of sp³-hybridized carbons (Fsp3) is 0.211. The Bertz CT molecular complexity index is 903. The molecule has 1 heterocycles. The number of benzene rings is 2. The molecule has 2 aromatic carbocycles. The van der Waals surface area contributed by atoms with E-state index in [1.54, 1.807) is 0 Å². The molecule has 0 atom stereocenters. The molecule has 1 fully saturated rings. The van der Waals surface area contributed by atoms with Crippen LogP contribution in [0.1, 0.15) is 15.9 Å². The fourth-order valence-corrected chi connectivity index (χ4v) is 3.08. The van der Waals surface area contributed by atoms with Crippen molar-refractivity contribution in [1.29, 1.82) is 0 Å². The standard InChI is InChI=1S/C19H18ClN3O4S/c1-21-17(25)23(18(26)22(2)19(21)28)13-8-9-15(20)14(10-13)16(24)27-11-12-6-4-3-5-7-12/h3-10,19,28H,11H2,1-2H3. The minimum Gasteiger partial charge on any atom is -0.457 e. The van der Waals surface area contributed by atoms with Crippen molar-refractivity contribution in [2.45, 2.75) is 12.1 Å². The van der Waals surface area contributed by atoms with Gasteiger partial charge in [0.15, 0.2) is 5.50 Å². The zero-order valence-electron chi connectivity index (χ0n) is 15.2. The quantitative estimate of drug-likeness (QED) is 0.604. The van der Waals surface area contributed by atoms with E-state index >= 15 is 0 Å². The Balaban J connectivity index is 1.85. The lowest BCUT2D eigenvalue weighted by Gasteiger charge is -2.41. The van der Waals surface area contributed by atoms with Gasteiger partial charge in [0, 0.05) is 14.1 Å². The minimum absolute atomic E-state index is 0.0639. The van der Waals surface area contributed by atoms with Crippen molar-refractivity contribution >= 4 is 47.9 Å². The van der Waals surface area contributed by atoms with Crippen molar-refractivity contribution in [1.82, 2.24) is 9.80 Å². The van der Waals surface area contributed by atoms with Gasteiger partial charge in [0.05, 0.1) is 16.3 Å². The molecule has 4 amide bonds. The van der Waals surface area contributed by atoms with E-state index in [4.69, 9.17) is 16.3 Å². The van der Waals surface area contributed by atoms with Gasteiger partial charge >= 0.3 is 18.0 Å². The third-order valence-electron chi connectivity index (χ3n) is 4.32. The van der Waals surface area contributed by atoms with Crippen LogP contribution in [0.5, 0.6) is 0 Å². The summed E-state index contributed by atoms with van der Waals surface area (Å²) in [6.07, 6.45) is 0. The van der Waals surface area contributed by atoms with Crippen molar-refractivity contribution in [3.63, 3.8) is 0 Å². The highest BCUT2D eigenvalue weighted by atomic mass is 35.5. The number of carbonyl (C=O) groups excluding carboxylic acids is 3. The Kier molecular flexibility index (Phi) is 5.81. The van der Waals surface area contributed by atoms with Crippen molar-refractivity contribution in [3.05, 3.63) is 64.7 Å². The second kappa shape index (κ2) is 8.12. The summed E-state index contributed by atoms with van der Waals surface area (Å²) in [6, 6.07) is 12.4. The van der Waals surface area contributed by atoms with Crippen LogP contribution in [0, 0.1) is 0 Å². The number of carbonyl (C=O) groups is 3. The number of urea groups is 2. The predicted octanol–water partition coefficient (Wildman–Crippen LogP) is 3.83. The lowest BCUT2D eigenvalue weighted by atomic mass is 10.2. The summed E-state index contributed by atoms with van der Waals surface area (Å²) in [7, 11) is 3.06. The van der Waals surface area contributed by atoms with Crippen LogP contribution < -0.4 is 4.90 Å². The van der Waals surface area contributed by atoms with Crippen LogP contribution in [0.2, 0.25) is 5.02 Å². The van der Waals surface area contributed by atoms with Gasteiger partial charge in [-0.05, 0) is 23.8 Å². The molecule has 1 aliphatic heterocycles. The van der Waals surface area contributed by atoms with Gasteiger partial charge in [-0.1, -0.05) is 41.9 Å². The van der Waals surface area contributed by atoms with E-state index in [2.05, 4.69) is 12.6 Å². The molecule has 0 N–H and O–H groups in total. The molecule has 2 aromatic rings. The second-order valence-corrected chi connectivity index (χ2v) is 7.06. The van der Waals surface area contributed by atoms with Crippen LogP contribution in [-0.4, -0.2) is 47.4 Å². The van der Waals surface area contributed by atoms with E-state index in [0.717, 1.165) is 10.5 Å². The predicted molar refractivity (Wildman–Crippen MR) is 109 cm³/mol. The topological polar surface area (TPSA) is 70.2 Å². The lowest BCUT2D eigenvalue weighted by Crippen LogP contribution is -2.62. The Morgan fingerprint density at radius 1 is 1.07 bits per heavy atom. The van der Waals surface area contributed by atoms with Crippen molar-refractivity contribution in [2.75, 3.05) is 19.0 Å². The fourth-order valence-electron chi connectivity index (χ4n) is 2.69. The molecule has 0 spiro atoms. The Labute approximate surface area is 172 Å². The van der Waals surface area contributed by atoms with E-state index in [-0.39, 0.29) is 22.9 Å². The maximum absolute atomic E-state index is 12.6. The van der Waals surface area contributed by atoms with Crippen LogP contribution in [0.25, 0.3) is 0 Å². The number of halogens is 1. The van der Waals surface area contributed by atoms with Gasteiger partial charge in [0.25, 0.3) is 0 Å². The van der Waals surface area contributed by atoms with E-state index < -0.39 is 23.5 Å². The molecule has 9 heteroatoms. The Morgan fingerprint density at radius 3 is 2.29 bits per heavy atom. The largest absolute Gasteiger partial charge is 0.457 e. The monoisotopic (exact) mass is 419 g/mol. The molecule has 1 saturated heterocycles. The molecule has 0 unspecified atom stereocenters. The van der Waals surface area contributed by atoms with Crippen LogP contribution in [0.3, 0.4) is 0 Å². The van der Waals surface area contributed by atoms with Crippen molar-refractivity contribution in [2.24, 2.45) is 0 Å². The molecule has 7 nitrogen and oxygen atoms in total. The van der Waals surface area contributed by atoms with Gasteiger partial charge < -0.3 is 4.74 Å². The van der Waals surface area contributed by atoms with Crippen LogP contribution in [0.4, 0.5) is 15.3 Å². The summed E-state index contributed by atoms with van der Waals surface area (Å²) in [4.78, 5) is 41.2. The second-order valence-electron chi connectivity index (χ2n) is 6.19. The summed E-state index contributed by atoms with van der Waals surface area (Å²) >= 11 is 10.4. The number of nitrogens with zero attached hydrogens (tertiary/aromatic N) is 3. The first-order valence-corrected chi connectivity index (χ1v) is 9.23. The molecule has 28 heavy (non-hydrogen) atoms. The summed E-state index contributed by atoms with van der Waals surface area (Å²) < 4.78 is 5.31. The molecule has 0 saturated carbocycles. The lowest BCUT2D eigenvalue weighted by molar-refractivity contribution is 0.0472. The highest BCUT2D eigenvalue weighted by Gasteiger charge is 2.40. The minimum atomic E-state index is -0.682.